The molecule has 1 N–H and O–H groups in total. The third-order valence-electron chi connectivity index (χ3n) is 4.85. The van der Waals surface area contributed by atoms with Gasteiger partial charge in [0.2, 0.25) is 0 Å². The second-order valence-electron chi connectivity index (χ2n) is 7.05. The first-order chi connectivity index (χ1) is 15.5. The summed E-state index contributed by atoms with van der Waals surface area (Å²) in [4.78, 5) is 34.9. The van der Waals surface area contributed by atoms with Crippen molar-refractivity contribution < 1.29 is 18.5 Å². The number of pyridine rings is 1. The molecule has 1 amide bonds. The van der Waals surface area contributed by atoms with E-state index in [4.69, 9.17) is 8.94 Å². The molecule has 8 nitrogen and oxygen atoms in total. The molecule has 158 valence electrons. The van der Waals surface area contributed by atoms with E-state index < -0.39 is 5.91 Å². The number of rotatable bonds is 5. The summed E-state index contributed by atoms with van der Waals surface area (Å²) in [5.74, 6) is -0.0439. The predicted octanol–water partition coefficient (Wildman–Crippen LogP) is 5.37. The Balaban J connectivity index is 1.56. The molecule has 5 rings (SSSR count). The van der Waals surface area contributed by atoms with Gasteiger partial charge in [-0.2, -0.15) is 0 Å². The highest BCUT2D eigenvalue weighted by molar-refractivity contribution is 7.18. The lowest BCUT2D eigenvalue weighted by atomic mass is 10.1. The molecule has 0 saturated carbocycles. The number of carbonyl (C=O) groups is 2. The van der Waals surface area contributed by atoms with E-state index in [0.717, 1.165) is 16.9 Å². The zero-order chi connectivity index (χ0) is 22.2. The molecule has 0 spiro atoms. The molecule has 0 bridgehead atoms. The third-order valence-corrected chi connectivity index (χ3v) is 5.92. The number of Topliss-reactive ketones (excluding diaryl/α,β-unsaturated/α-hetero) is 1. The van der Waals surface area contributed by atoms with E-state index in [9.17, 15) is 9.59 Å². The summed E-state index contributed by atoms with van der Waals surface area (Å²) in [5.41, 5.74) is 2.87. The lowest BCUT2D eigenvalue weighted by Gasteiger charge is -2.05. The molecule has 0 fully saturated rings. The molecule has 0 atom stereocenters. The van der Waals surface area contributed by atoms with E-state index in [0.29, 0.717) is 43.8 Å². The van der Waals surface area contributed by atoms with Gasteiger partial charge < -0.3 is 8.94 Å². The summed E-state index contributed by atoms with van der Waals surface area (Å²) in [5, 5.41) is 7.58. The third kappa shape index (κ3) is 3.48. The van der Waals surface area contributed by atoms with Crippen LogP contribution in [0.3, 0.4) is 0 Å². The fraction of sp³-hybridized carbons (Fsp3) is 0.0870. The summed E-state index contributed by atoms with van der Waals surface area (Å²) in [6.45, 7) is 3.22. The minimum Gasteiger partial charge on any atom is -0.463 e. The van der Waals surface area contributed by atoms with Crippen LogP contribution in [-0.4, -0.2) is 26.8 Å². The molecule has 0 aliphatic rings. The second-order valence-corrected chi connectivity index (χ2v) is 8.05. The minimum atomic E-state index is -0.417. The van der Waals surface area contributed by atoms with E-state index in [2.05, 4.69) is 20.4 Å². The number of ketones is 1. The number of nitrogens with one attached hydrogen (secondary N) is 1. The predicted molar refractivity (Wildman–Crippen MR) is 120 cm³/mol. The number of fused-ring (bicyclic) bond motifs is 1. The van der Waals surface area contributed by atoms with Gasteiger partial charge in [0, 0.05) is 12.5 Å². The number of anilines is 1. The van der Waals surface area contributed by atoms with Crippen LogP contribution in [0, 0.1) is 6.92 Å². The van der Waals surface area contributed by atoms with E-state index in [1.807, 2.05) is 30.3 Å². The minimum absolute atomic E-state index is 0.122. The standard InChI is InChI=1S/C23H16N4O4S/c1-12-18-15(11-16(17-9-6-10-30-17)24-22(18)31-27-12)21(29)26-23-25-19(20(32-23)13(2)28)14-7-4-3-5-8-14/h3-11H,1-2H3,(H,25,26,29). The normalized spacial score (nSPS) is 11.1. The molecule has 4 heterocycles. The molecule has 9 heteroatoms. The zero-order valence-corrected chi connectivity index (χ0v) is 17.9. The highest BCUT2D eigenvalue weighted by Gasteiger charge is 2.23. The fourth-order valence-corrected chi connectivity index (χ4v) is 4.27. The Bertz CT molecular complexity index is 1450. The second kappa shape index (κ2) is 7.86. The first-order valence-corrected chi connectivity index (χ1v) is 10.5. The molecule has 0 saturated heterocycles. The Labute approximate surface area is 185 Å². The summed E-state index contributed by atoms with van der Waals surface area (Å²) < 4.78 is 10.7. The van der Waals surface area contributed by atoms with Crippen molar-refractivity contribution in [2.24, 2.45) is 0 Å². The van der Waals surface area contributed by atoms with Crippen LogP contribution in [0.2, 0.25) is 0 Å². The van der Waals surface area contributed by atoms with Crippen LogP contribution in [0.4, 0.5) is 5.13 Å². The fourth-order valence-electron chi connectivity index (χ4n) is 3.39. The van der Waals surface area contributed by atoms with Crippen LogP contribution in [0.15, 0.2) is 63.7 Å². The Morgan fingerprint density at radius 2 is 1.88 bits per heavy atom. The maximum absolute atomic E-state index is 13.3. The summed E-state index contributed by atoms with van der Waals surface area (Å²) in [6.07, 6.45) is 1.52. The van der Waals surface area contributed by atoms with E-state index in [-0.39, 0.29) is 11.5 Å². The number of nitrogens with zero attached hydrogens (tertiary/aromatic N) is 3. The highest BCUT2D eigenvalue weighted by atomic mass is 32.1. The van der Waals surface area contributed by atoms with Crippen LogP contribution >= 0.6 is 11.3 Å². The van der Waals surface area contributed by atoms with Crippen molar-refractivity contribution in [1.29, 1.82) is 0 Å². The van der Waals surface area contributed by atoms with Gasteiger partial charge in [-0.25, -0.2) is 9.97 Å². The first-order valence-electron chi connectivity index (χ1n) is 9.70. The van der Waals surface area contributed by atoms with E-state index >= 15 is 0 Å². The zero-order valence-electron chi connectivity index (χ0n) is 17.1. The van der Waals surface area contributed by atoms with Crippen molar-refractivity contribution in [3.05, 3.63) is 70.9 Å². The molecule has 0 radical (unpaired) electrons. The van der Waals surface area contributed by atoms with Gasteiger partial charge in [0.1, 0.15) is 5.69 Å². The Hall–Kier alpha value is -4.11. The summed E-state index contributed by atoms with van der Waals surface area (Å²) in [6, 6.07) is 14.5. The molecular weight excluding hydrogens is 428 g/mol. The number of aryl methyl sites for hydroxylation is 1. The van der Waals surface area contributed by atoms with Gasteiger partial charge in [-0.05, 0) is 25.1 Å². The van der Waals surface area contributed by atoms with Gasteiger partial charge in [-0.1, -0.05) is 46.8 Å². The van der Waals surface area contributed by atoms with Crippen molar-refractivity contribution in [1.82, 2.24) is 15.1 Å². The van der Waals surface area contributed by atoms with Crippen molar-refractivity contribution in [2.45, 2.75) is 13.8 Å². The van der Waals surface area contributed by atoms with Gasteiger partial charge in [0.25, 0.3) is 11.6 Å². The van der Waals surface area contributed by atoms with Crippen LogP contribution < -0.4 is 5.32 Å². The maximum atomic E-state index is 13.3. The Morgan fingerprint density at radius 3 is 2.59 bits per heavy atom. The average Bonchev–Trinajstić information content (AvgIpc) is 3.54. The van der Waals surface area contributed by atoms with Crippen molar-refractivity contribution in [3.8, 4) is 22.7 Å². The number of aromatic nitrogens is 3. The van der Waals surface area contributed by atoms with Crippen LogP contribution in [0.5, 0.6) is 0 Å². The molecule has 4 aromatic heterocycles. The molecule has 0 unspecified atom stereocenters. The van der Waals surface area contributed by atoms with Crippen LogP contribution in [0.25, 0.3) is 33.8 Å². The molecular formula is C23H16N4O4S. The van der Waals surface area contributed by atoms with Gasteiger partial charge in [0.15, 0.2) is 16.7 Å². The number of hydrogen-bond acceptors (Lipinski definition) is 8. The van der Waals surface area contributed by atoms with Gasteiger partial charge >= 0.3 is 0 Å². The van der Waals surface area contributed by atoms with Crippen molar-refractivity contribution in [3.63, 3.8) is 0 Å². The number of hydrogen-bond donors (Lipinski definition) is 1. The van der Waals surface area contributed by atoms with E-state index in [1.54, 1.807) is 25.1 Å². The number of carbonyl (C=O) groups excluding carboxylic acids is 2. The lowest BCUT2D eigenvalue weighted by molar-refractivity contribution is 0.101. The van der Waals surface area contributed by atoms with E-state index in [1.165, 1.54) is 13.2 Å². The average molecular weight is 444 g/mol. The molecule has 0 aliphatic heterocycles. The smallest absolute Gasteiger partial charge is 0.259 e. The van der Waals surface area contributed by atoms with Crippen molar-refractivity contribution in [2.75, 3.05) is 5.32 Å². The molecule has 1 aromatic carbocycles. The van der Waals surface area contributed by atoms with Gasteiger partial charge in [0.05, 0.1) is 33.5 Å². The summed E-state index contributed by atoms with van der Waals surface area (Å²) in [7, 11) is 0. The Kier molecular flexibility index (Phi) is 4.87. The molecule has 32 heavy (non-hydrogen) atoms. The number of benzene rings is 1. The molecule has 0 aliphatic carbocycles. The maximum Gasteiger partial charge on any atom is 0.259 e. The lowest BCUT2D eigenvalue weighted by Crippen LogP contribution is -2.13. The highest BCUT2D eigenvalue weighted by Crippen LogP contribution is 2.33. The summed E-state index contributed by atoms with van der Waals surface area (Å²) >= 11 is 1.13. The number of amides is 1. The van der Waals surface area contributed by atoms with Crippen molar-refractivity contribution >= 4 is 39.3 Å². The Morgan fingerprint density at radius 1 is 1.06 bits per heavy atom. The monoisotopic (exact) mass is 444 g/mol. The topological polar surface area (TPSA) is 111 Å². The van der Waals surface area contributed by atoms with Gasteiger partial charge in [-0.3, -0.25) is 14.9 Å². The SMILES string of the molecule is CC(=O)c1sc(NC(=O)c2cc(-c3ccco3)nc3onc(C)c23)nc1-c1ccccc1. The first kappa shape index (κ1) is 19.8. The van der Waals surface area contributed by atoms with Crippen LogP contribution in [-0.2, 0) is 0 Å². The largest absolute Gasteiger partial charge is 0.463 e. The number of thiazole rings is 1. The van der Waals surface area contributed by atoms with Gasteiger partial charge in [-0.15, -0.1) is 0 Å². The quantitative estimate of drug-likeness (QED) is 0.363. The number of furan rings is 1. The molecule has 5 aromatic rings. The van der Waals surface area contributed by atoms with Crippen LogP contribution in [0.1, 0.15) is 32.6 Å².